The summed E-state index contributed by atoms with van der Waals surface area (Å²) in [4.78, 5) is 31.8. The van der Waals surface area contributed by atoms with Crippen LogP contribution < -0.4 is 0 Å². The van der Waals surface area contributed by atoms with E-state index in [1.54, 1.807) is 6.07 Å². The summed E-state index contributed by atoms with van der Waals surface area (Å²) < 4.78 is 9.09. The highest BCUT2D eigenvalue weighted by molar-refractivity contribution is 5.97. The van der Waals surface area contributed by atoms with Gasteiger partial charge in [-0.2, -0.15) is 5.26 Å². The van der Waals surface area contributed by atoms with Crippen LogP contribution in [0.25, 0.3) is 0 Å². The normalized spacial score (nSPS) is 13.9. The molecule has 0 bridgehead atoms. The highest BCUT2D eigenvalue weighted by Crippen LogP contribution is 2.22. The van der Waals surface area contributed by atoms with Crippen LogP contribution in [-0.4, -0.2) is 36.2 Å². The van der Waals surface area contributed by atoms with E-state index < -0.39 is 17.9 Å². The molecular weight excluding hydrogens is 290 g/mol. The maximum Gasteiger partial charge on any atom is 0.335 e. The second-order valence-electron chi connectivity index (χ2n) is 4.08. The van der Waals surface area contributed by atoms with Gasteiger partial charge in [0.15, 0.2) is 0 Å². The number of carboxylic acids is 1. The molecule has 0 saturated heterocycles. The second-order valence-corrected chi connectivity index (χ2v) is 4.08. The Kier molecular flexibility index (Phi) is 9.43. The van der Waals surface area contributed by atoms with Crippen molar-refractivity contribution in [2.24, 2.45) is 0 Å². The third kappa shape index (κ3) is 8.32. The van der Waals surface area contributed by atoms with Crippen LogP contribution in [0.1, 0.15) is 19.3 Å². The maximum absolute atomic E-state index is 11.2. The van der Waals surface area contributed by atoms with Crippen molar-refractivity contribution in [3.63, 3.8) is 0 Å². The standard InChI is InChI=1S/C11H11NO4.C4H6O2/c12-6-2-3-8(11(14)15)7-10(13)16-9-4-1-5-9;1-3-4(5)6-2/h2-3,7,9H,1,4-5H2,(H,14,15);3H,1H2,2H3/b3-2?,8-7-;. The fourth-order valence-electron chi connectivity index (χ4n) is 1.21. The van der Waals surface area contributed by atoms with Gasteiger partial charge in [0.1, 0.15) is 6.10 Å². The van der Waals surface area contributed by atoms with Gasteiger partial charge < -0.3 is 14.6 Å². The molecule has 0 radical (unpaired) electrons. The fourth-order valence-corrected chi connectivity index (χ4v) is 1.21. The summed E-state index contributed by atoms with van der Waals surface area (Å²) in [5.41, 5.74) is -0.258. The molecule has 0 heterocycles. The van der Waals surface area contributed by atoms with Gasteiger partial charge in [-0.1, -0.05) is 6.58 Å². The molecule has 0 unspecified atom stereocenters. The van der Waals surface area contributed by atoms with Crippen LogP contribution in [0.5, 0.6) is 0 Å². The first kappa shape index (κ1) is 19.1. The largest absolute Gasteiger partial charge is 0.478 e. The van der Waals surface area contributed by atoms with E-state index in [9.17, 15) is 14.4 Å². The summed E-state index contributed by atoms with van der Waals surface area (Å²) >= 11 is 0. The lowest BCUT2D eigenvalue weighted by Gasteiger charge is -2.24. The van der Waals surface area contributed by atoms with E-state index in [0.717, 1.165) is 43.6 Å². The lowest BCUT2D eigenvalue weighted by molar-refractivity contribution is -0.147. The van der Waals surface area contributed by atoms with Crippen LogP contribution in [0.2, 0.25) is 0 Å². The number of rotatable bonds is 5. The molecule has 1 aliphatic carbocycles. The maximum atomic E-state index is 11.2. The molecule has 7 heteroatoms. The second kappa shape index (κ2) is 10.9. The van der Waals surface area contributed by atoms with E-state index >= 15 is 0 Å². The Morgan fingerprint density at radius 2 is 1.95 bits per heavy atom. The summed E-state index contributed by atoms with van der Waals surface area (Å²) in [5, 5.41) is 17.0. The topological polar surface area (TPSA) is 114 Å². The number of nitriles is 1. The van der Waals surface area contributed by atoms with Crippen molar-refractivity contribution < 1.29 is 29.0 Å². The molecule has 0 spiro atoms. The van der Waals surface area contributed by atoms with Crippen molar-refractivity contribution in [2.75, 3.05) is 7.11 Å². The molecule has 1 fully saturated rings. The highest BCUT2D eigenvalue weighted by atomic mass is 16.5. The molecule has 1 N–H and O–H groups in total. The van der Waals surface area contributed by atoms with Gasteiger partial charge in [0.2, 0.25) is 0 Å². The van der Waals surface area contributed by atoms with Gasteiger partial charge in [0.05, 0.1) is 18.8 Å². The van der Waals surface area contributed by atoms with Crippen LogP contribution >= 0.6 is 0 Å². The van der Waals surface area contributed by atoms with E-state index in [1.807, 2.05) is 0 Å². The number of nitrogens with zero attached hydrogens (tertiary/aromatic N) is 1. The third-order valence-electron chi connectivity index (χ3n) is 2.56. The first-order valence-corrected chi connectivity index (χ1v) is 6.36. The molecule has 0 atom stereocenters. The average Bonchev–Trinajstić information content (AvgIpc) is 2.46. The minimum Gasteiger partial charge on any atom is -0.478 e. The highest BCUT2D eigenvalue weighted by Gasteiger charge is 2.21. The van der Waals surface area contributed by atoms with Crippen molar-refractivity contribution in [1.82, 2.24) is 0 Å². The number of carbonyl (C=O) groups is 3. The van der Waals surface area contributed by atoms with Crippen molar-refractivity contribution in [3.05, 3.63) is 36.5 Å². The molecule has 0 aromatic carbocycles. The van der Waals surface area contributed by atoms with Gasteiger partial charge in [-0.3, -0.25) is 0 Å². The first-order valence-electron chi connectivity index (χ1n) is 6.36. The number of hydrogen-bond donors (Lipinski definition) is 1. The van der Waals surface area contributed by atoms with Crippen LogP contribution in [0.15, 0.2) is 36.5 Å². The SMILES string of the molecule is C=CC(=O)OC.N#CC=C/C(=C/C(=O)OC1CCC1)C(=O)O. The van der Waals surface area contributed by atoms with E-state index in [0.29, 0.717) is 0 Å². The van der Waals surface area contributed by atoms with Gasteiger partial charge in [0, 0.05) is 18.2 Å². The molecule has 7 nitrogen and oxygen atoms in total. The fraction of sp³-hybridized carbons (Fsp3) is 0.333. The number of carboxylic acid groups (broad SMARTS) is 1. The van der Waals surface area contributed by atoms with Crippen LogP contribution in [0.4, 0.5) is 0 Å². The van der Waals surface area contributed by atoms with Crippen LogP contribution in [-0.2, 0) is 23.9 Å². The summed E-state index contributed by atoms with van der Waals surface area (Å²) in [5.74, 6) is -2.34. The molecule has 0 aliphatic heterocycles. The summed E-state index contributed by atoms with van der Waals surface area (Å²) in [6, 6.07) is 1.65. The van der Waals surface area contributed by atoms with Crippen molar-refractivity contribution in [2.45, 2.75) is 25.4 Å². The Hall–Kier alpha value is -2.88. The number of methoxy groups -OCH3 is 1. The molecule has 1 rings (SSSR count). The van der Waals surface area contributed by atoms with Crippen molar-refractivity contribution >= 4 is 17.9 Å². The molecule has 1 aliphatic rings. The monoisotopic (exact) mass is 307 g/mol. The summed E-state index contributed by atoms with van der Waals surface area (Å²) in [6.45, 7) is 3.16. The molecular formula is C15H17NO6. The molecule has 22 heavy (non-hydrogen) atoms. The van der Waals surface area contributed by atoms with Crippen molar-refractivity contribution in [3.8, 4) is 6.07 Å². The van der Waals surface area contributed by atoms with Gasteiger partial charge in [-0.05, 0) is 25.3 Å². The number of esters is 2. The van der Waals surface area contributed by atoms with E-state index in [4.69, 9.17) is 15.1 Å². The predicted octanol–water partition coefficient (Wildman–Crippen LogP) is 1.52. The Morgan fingerprint density at radius 3 is 2.27 bits per heavy atom. The summed E-state index contributed by atoms with van der Waals surface area (Å²) in [6.07, 6.45) is 6.65. The molecule has 0 amide bonds. The molecule has 1 saturated carbocycles. The number of allylic oxidation sites excluding steroid dienone is 1. The smallest absolute Gasteiger partial charge is 0.335 e. The summed E-state index contributed by atoms with van der Waals surface area (Å²) in [7, 11) is 1.31. The van der Waals surface area contributed by atoms with Crippen LogP contribution in [0, 0.1) is 11.3 Å². The Morgan fingerprint density at radius 1 is 1.32 bits per heavy atom. The van der Waals surface area contributed by atoms with Gasteiger partial charge in [-0.15, -0.1) is 0 Å². The number of hydrogen-bond acceptors (Lipinski definition) is 6. The molecule has 0 aromatic heterocycles. The lowest BCUT2D eigenvalue weighted by atomic mass is 9.96. The van der Waals surface area contributed by atoms with Gasteiger partial charge in [0.25, 0.3) is 0 Å². The number of ether oxygens (including phenoxy) is 2. The van der Waals surface area contributed by atoms with E-state index in [2.05, 4.69) is 11.3 Å². The zero-order valence-electron chi connectivity index (χ0n) is 12.2. The van der Waals surface area contributed by atoms with E-state index in [-0.39, 0.29) is 11.7 Å². The minimum absolute atomic E-state index is 0.0845. The third-order valence-corrected chi connectivity index (χ3v) is 2.56. The number of aliphatic carboxylic acids is 1. The van der Waals surface area contributed by atoms with Crippen molar-refractivity contribution in [1.29, 1.82) is 5.26 Å². The number of carbonyl (C=O) groups excluding carboxylic acids is 2. The Labute approximate surface area is 128 Å². The van der Waals surface area contributed by atoms with Gasteiger partial charge >= 0.3 is 17.9 Å². The molecule has 118 valence electrons. The van der Waals surface area contributed by atoms with Crippen LogP contribution in [0.3, 0.4) is 0 Å². The zero-order chi connectivity index (χ0) is 17.0. The Bertz CT molecular complexity index is 523. The minimum atomic E-state index is -1.27. The van der Waals surface area contributed by atoms with E-state index in [1.165, 1.54) is 7.11 Å². The Balaban J connectivity index is 0.000000626. The first-order chi connectivity index (χ1) is 10.4. The lowest BCUT2D eigenvalue weighted by Crippen LogP contribution is -2.24. The molecule has 0 aromatic rings. The predicted molar refractivity (Wildman–Crippen MR) is 76.4 cm³/mol. The quantitative estimate of drug-likeness (QED) is 0.354. The van der Waals surface area contributed by atoms with Gasteiger partial charge in [-0.25, -0.2) is 14.4 Å². The average molecular weight is 307 g/mol. The zero-order valence-corrected chi connectivity index (χ0v) is 12.2.